The van der Waals surface area contributed by atoms with Gasteiger partial charge in [-0.25, -0.2) is 8.78 Å². The van der Waals surface area contributed by atoms with Crippen molar-refractivity contribution in [2.24, 2.45) is 0 Å². The Morgan fingerprint density at radius 3 is 2.65 bits per heavy atom. The van der Waals surface area contributed by atoms with E-state index in [0.29, 0.717) is 12.6 Å². The van der Waals surface area contributed by atoms with E-state index in [1.165, 1.54) is 32.1 Å². The van der Waals surface area contributed by atoms with Crippen molar-refractivity contribution in [2.45, 2.75) is 56.5 Å². The first-order valence-electron chi connectivity index (χ1n) is 7.57. The summed E-state index contributed by atoms with van der Waals surface area (Å²) in [6, 6.07) is -0.139. The van der Waals surface area contributed by atoms with E-state index < -0.39 is 24.9 Å². The van der Waals surface area contributed by atoms with Crippen LogP contribution in [0.1, 0.15) is 38.5 Å². The van der Waals surface area contributed by atoms with Gasteiger partial charge < -0.3 is 10.2 Å². The van der Waals surface area contributed by atoms with Crippen LogP contribution in [-0.2, 0) is 4.79 Å². The van der Waals surface area contributed by atoms with Crippen LogP contribution in [0.4, 0.5) is 8.78 Å². The van der Waals surface area contributed by atoms with Gasteiger partial charge in [0.2, 0.25) is 5.91 Å². The maximum atomic E-state index is 13.0. The first-order valence-corrected chi connectivity index (χ1v) is 7.57. The summed E-state index contributed by atoms with van der Waals surface area (Å²) in [5, 5.41) is 5.33. The largest absolute Gasteiger partial charge is 0.353 e. The lowest BCUT2D eigenvalue weighted by atomic mass is 9.94. The third kappa shape index (κ3) is 4.38. The van der Waals surface area contributed by atoms with Crippen molar-refractivity contribution in [3.05, 3.63) is 0 Å². The second-order valence-corrected chi connectivity index (χ2v) is 6.06. The summed E-state index contributed by atoms with van der Waals surface area (Å²) in [6.07, 6.45) is 5.94. The Bertz CT molecular complexity index is 332. The van der Waals surface area contributed by atoms with Crippen molar-refractivity contribution in [2.75, 3.05) is 26.7 Å². The fraction of sp³-hybridized carbons (Fsp3) is 0.929. The van der Waals surface area contributed by atoms with Crippen LogP contribution in [0, 0.1) is 0 Å². The monoisotopic (exact) mass is 289 g/mol. The number of carbonyl (C=O) groups is 1. The summed E-state index contributed by atoms with van der Waals surface area (Å²) < 4.78 is 26.0. The number of carbonyl (C=O) groups excluding carboxylic acids is 1. The van der Waals surface area contributed by atoms with Crippen molar-refractivity contribution in [3.8, 4) is 0 Å². The molecule has 0 radical (unpaired) electrons. The van der Waals surface area contributed by atoms with Gasteiger partial charge in [-0.15, -0.1) is 0 Å². The molecule has 2 rings (SSSR count). The van der Waals surface area contributed by atoms with Gasteiger partial charge in [0.25, 0.3) is 5.92 Å². The number of amides is 1. The third-order valence-electron chi connectivity index (χ3n) is 4.39. The van der Waals surface area contributed by atoms with Crippen molar-refractivity contribution in [1.29, 1.82) is 0 Å². The lowest BCUT2D eigenvalue weighted by Crippen LogP contribution is -2.44. The molecule has 1 aliphatic carbocycles. The van der Waals surface area contributed by atoms with Crippen LogP contribution in [0.3, 0.4) is 0 Å². The molecule has 1 saturated heterocycles. The van der Waals surface area contributed by atoms with Crippen LogP contribution in [-0.4, -0.2) is 55.5 Å². The van der Waals surface area contributed by atoms with Gasteiger partial charge in [-0.2, -0.15) is 0 Å². The molecular formula is C14H25F2N3O. The van der Waals surface area contributed by atoms with Gasteiger partial charge in [-0.3, -0.25) is 10.1 Å². The Labute approximate surface area is 119 Å². The molecule has 116 valence electrons. The Morgan fingerprint density at radius 1 is 1.35 bits per heavy atom. The van der Waals surface area contributed by atoms with Crippen LogP contribution in [0.5, 0.6) is 0 Å². The zero-order valence-corrected chi connectivity index (χ0v) is 12.1. The second-order valence-electron chi connectivity index (χ2n) is 6.06. The molecule has 1 heterocycles. The minimum Gasteiger partial charge on any atom is -0.353 e. The molecule has 1 atom stereocenters. The third-order valence-corrected chi connectivity index (χ3v) is 4.39. The van der Waals surface area contributed by atoms with Gasteiger partial charge in [0.05, 0.1) is 12.6 Å². The molecule has 4 nitrogen and oxygen atoms in total. The van der Waals surface area contributed by atoms with Crippen LogP contribution in [0.25, 0.3) is 0 Å². The van der Waals surface area contributed by atoms with Crippen molar-refractivity contribution in [1.82, 2.24) is 15.5 Å². The summed E-state index contributed by atoms with van der Waals surface area (Å²) in [5.74, 6) is -3.06. The number of nitrogens with one attached hydrogen (secondary N) is 2. The van der Waals surface area contributed by atoms with Crippen LogP contribution in [0.2, 0.25) is 0 Å². The van der Waals surface area contributed by atoms with Crippen molar-refractivity contribution >= 4 is 5.91 Å². The predicted octanol–water partition coefficient (Wildman–Crippen LogP) is 1.36. The number of hydrogen-bond acceptors (Lipinski definition) is 3. The fourth-order valence-electron chi connectivity index (χ4n) is 3.08. The predicted molar refractivity (Wildman–Crippen MR) is 73.9 cm³/mol. The lowest BCUT2D eigenvalue weighted by Gasteiger charge is -2.31. The normalized spacial score (nSPS) is 26.9. The molecule has 2 N–H and O–H groups in total. The van der Waals surface area contributed by atoms with Crippen molar-refractivity contribution < 1.29 is 13.6 Å². The Balaban J connectivity index is 1.64. The molecule has 1 amide bonds. The summed E-state index contributed by atoms with van der Waals surface area (Å²) in [6.45, 7) is 0.905. The smallest absolute Gasteiger partial charge is 0.262 e. The van der Waals surface area contributed by atoms with E-state index in [9.17, 15) is 13.6 Å². The molecule has 0 bridgehead atoms. The van der Waals surface area contributed by atoms with Crippen molar-refractivity contribution in [3.63, 3.8) is 0 Å². The second kappa shape index (κ2) is 6.80. The number of likely N-dealkylation sites (N-methyl/N-ethyl adjacent to an activating group) is 1. The molecule has 0 aromatic carbocycles. The summed E-state index contributed by atoms with van der Waals surface area (Å²) in [5.41, 5.74) is 0. The molecule has 1 aliphatic heterocycles. The molecular weight excluding hydrogens is 264 g/mol. The fourth-order valence-corrected chi connectivity index (χ4v) is 3.08. The topological polar surface area (TPSA) is 44.4 Å². The van der Waals surface area contributed by atoms with Gasteiger partial charge >= 0.3 is 0 Å². The number of halogens is 2. The number of hydrogen-bond donors (Lipinski definition) is 2. The van der Waals surface area contributed by atoms with Gasteiger partial charge in [-0.1, -0.05) is 19.3 Å². The quantitative estimate of drug-likeness (QED) is 0.803. The molecule has 1 saturated carbocycles. The van der Waals surface area contributed by atoms with E-state index in [-0.39, 0.29) is 5.91 Å². The Morgan fingerprint density at radius 2 is 2.05 bits per heavy atom. The van der Waals surface area contributed by atoms with Crippen LogP contribution < -0.4 is 10.6 Å². The summed E-state index contributed by atoms with van der Waals surface area (Å²) >= 11 is 0. The standard InChI is InChI=1S/C14H25F2N3O/c1-19(11-5-3-2-4-6-11)8-7-17-13(20)12-9-14(15,16)10-18-12/h11-12,18H,2-10H2,1H3,(H,17,20). The molecule has 2 aliphatic rings. The average molecular weight is 289 g/mol. The number of rotatable bonds is 5. The summed E-state index contributed by atoms with van der Waals surface area (Å²) in [4.78, 5) is 14.0. The van der Waals surface area contributed by atoms with E-state index in [1.807, 2.05) is 0 Å². The van der Waals surface area contributed by atoms with E-state index in [4.69, 9.17) is 0 Å². The highest BCUT2D eigenvalue weighted by Crippen LogP contribution is 2.25. The average Bonchev–Trinajstić information content (AvgIpc) is 2.80. The van der Waals surface area contributed by atoms with Crippen LogP contribution in [0.15, 0.2) is 0 Å². The molecule has 0 aromatic rings. The first-order chi connectivity index (χ1) is 9.48. The number of alkyl halides is 2. The minimum absolute atomic E-state index is 0.306. The highest BCUT2D eigenvalue weighted by Gasteiger charge is 2.42. The highest BCUT2D eigenvalue weighted by molar-refractivity contribution is 5.82. The Hall–Kier alpha value is -0.750. The SMILES string of the molecule is CN(CCNC(=O)C1CC(F)(F)CN1)C1CCCCC1. The first kappa shape index (κ1) is 15.6. The zero-order chi connectivity index (χ0) is 14.6. The van der Waals surface area contributed by atoms with Gasteiger partial charge in [0, 0.05) is 25.6 Å². The van der Waals surface area contributed by atoms with Gasteiger partial charge in [0.1, 0.15) is 0 Å². The minimum atomic E-state index is -2.75. The van der Waals surface area contributed by atoms with Gasteiger partial charge in [-0.05, 0) is 19.9 Å². The van der Waals surface area contributed by atoms with E-state index in [0.717, 1.165) is 6.54 Å². The molecule has 0 aromatic heterocycles. The maximum absolute atomic E-state index is 13.0. The molecule has 20 heavy (non-hydrogen) atoms. The number of nitrogens with zero attached hydrogens (tertiary/aromatic N) is 1. The summed E-state index contributed by atoms with van der Waals surface area (Å²) in [7, 11) is 2.07. The van der Waals surface area contributed by atoms with Crippen LogP contribution >= 0.6 is 0 Å². The van der Waals surface area contributed by atoms with E-state index in [1.54, 1.807) is 0 Å². The van der Waals surface area contributed by atoms with E-state index in [2.05, 4.69) is 22.6 Å². The maximum Gasteiger partial charge on any atom is 0.262 e. The highest BCUT2D eigenvalue weighted by atomic mass is 19.3. The molecule has 0 spiro atoms. The Kier molecular flexibility index (Phi) is 5.32. The molecule has 2 fully saturated rings. The molecule has 6 heteroatoms. The lowest BCUT2D eigenvalue weighted by molar-refractivity contribution is -0.123. The molecule has 1 unspecified atom stereocenters. The van der Waals surface area contributed by atoms with Gasteiger partial charge in [0.15, 0.2) is 0 Å². The zero-order valence-electron chi connectivity index (χ0n) is 12.1. The van der Waals surface area contributed by atoms with E-state index >= 15 is 0 Å².